The second-order valence-electron chi connectivity index (χ2n) is 19.7. The van der Waals surface area contributed by atoms with Crippen molar-refractivity contribution in [1.29, 1.82) is 0 Å². The van der Waals surface area contributed by atoms with Crippen LogP contribution in [-0.4, -0.2) is 233 Å². The summed E-state index contributed by atoms with van der Waals surface area (Å²) in [5.74, 6) is -10.1. The number of aliphatic hydroxyl groups excluding tert-OH is 9. The zero-order chi connectivity index (χ0) is 63.1. The van der Waals surface area contributed by atoms with Gasteiger partial charge in [0.25, 0.3) is 0 Å². The van der Waals surface area contributed by atoms with E-state index in [1.807, 2.05) is 0 Å². The lowest BCUT2D eigenvalue weighted by atomic mass is 9.95. The Hall–Kier alpha value is -8.70. The average Bonchev–Trinajstić information content (AvgIpc) is 1.10. The molecule has 3 aromatic carbocycles. The first-order valence-corrected chi connectivity index (χ1v) is 26.1. The summed E-state index contributed by atoms with van der Waals surface area (Å²) in [6, 6.07) is 10.0. The molecule has 470 valence electrons. The molecule has 5 aliphatic rings. The number of phenols is 5. The van der Waals surface area contributed by atoms with Crippen LogP contribution in [0.25, 0.3) is 17.9 Å². The Balaban J connectivity index is 1.12. The molecule has 0 radical (unpaired) electrons. The number of carboxylic acid groups (broad SMARTS) is 1. The van der Waals surface area contributed by atoms with E-state index in [4.69, 9.17) is 61.9 Å². The Morgan fingerprint density at radius 3 is 1.57 bits per heavy atom. The van der Waals surface area contributed by atoms with E-state index >= 15 is 0 Å². The highest BCUT2D eigenvalue weighted by Gasteiger charge is 2.53. The molecule has 0 spiro atoms. The van der Waals surface area contributed by atoms with Crippen LogP contribution in [0.1, 0.15) is 23.1 Å². The van der Waals surface area contributed by atoms with Gasteiger partial charge < -0.3 is 133 Å². The van der Waals surface area contributed by atoms with Crippen LogP contribution in [0.4, 0.5) is 0 Å². The topological polar surface area (TPSA) is 482 Å². The van der Waals surface area contributed by atoms with Crippen molar-refractivity contribution in [2.24, 2.45) is 0 Å². The quantitative estimate of drug-likeness (QED) is 0.0191. The Bertz CT molecular complexity index is 3200. The molecule has 3 aromatic rings. The van der Waals surface area contributed by atoms with Crippen molar-refractivity contribution < 1.29 is 153 Å². The van der Waals surface area contributed by atoms with E-state index in [1.54, 1.807) is 0 Å². The van der Waals surface area contributed by atoms with Crippen molar-refractivity contribution in [3.8, 4) is 40.2 Å². The third-order valence-electron chi connectivity index (χ3n) is 13.8. The summed E-state index contributed by atoms with van der Waals surface area (Å²) in [5, 5.41) is 161. The van der Waals surface area contributed by atoms with E-state index in [2.05, 4.69) is 0 Å². The highest BCUT2D eigenvalue weighted by atomic mass is 16.8. The van der Waals surface area contributed by atoms with Gasteiger partial charge in [0.1, 0.15) is 111 Å². The van der Waals surface area contributed by atoms with E-state index < -0.39 is 189 Å². The van der Waals surface area contributed by atoms with Crippen LogP contribution in [0.15, 0.2) is 102 Å². The SMILES string of the molecule is COc1cc(/C=C/C(=O)OC[C@H]2O[C@@H](O[C@H]3[C@H](OC4=C(c5cc(O)c(O)c(O)c5)OC5C=C(O)C=C(O[C@@H]6O[C@H](COC(=O)CC(=O)O)[C@@H](O)[C@H](O)[C@H]6O)C5=C4)O[C@H](COC(=O)/C=C/c4ccc(O)c(OC)c4)[C@@H](O)[C@@H]3O)[C@H](O)[C@@H](O)[C@@H]2O)ccc1O. The van der Waals surface area contributed by atoms with Gasteiger partial charge >= 0.3 is 23.9 Å². The fraction of sp³-hybridized carbons (Fsp3) is 0.393. The Labute approximate surface area is 490 Å². The lowest BCUT2D eigenvalue weighted by Crippen LogP contribution is -2.64. The van der Waals surface area contributed by atoms with Gasteiger partial charge in [0, 0.05) is 35.4 Å². The van der Waals surface area contributed by atoms with Crippen LogP contribution < -0.4 is 9.47 Å². The molecule has 0 saturated carbocycles. The third kappa shape index (κ3) is 15.1. The predicted molar refractivity (Wildman–Crippen MR) is 284 cm³/mol. The monoisotopic (exact) mass is 1230 g/mol. The molecule has 4 aliphatic heterocycles. The Kier molecular flexibility index (Phi) is 20.5. The van der Waals surface area contributed by atoms with Crippen molar-refractivity contribution in [3.05, 3.63) is 118 Å². The van der Waals surface area contributed by atoms with E-state index in [9.17, 15) is 90.7 Å². The van der Waals surface area contributed by atoms with E-state index in [0.29, 0.717) is 11.1 Å². The highest BCUT2D eigenvalue weighted by molar-refractivity contribution is 5.90. The number of carboxylic acids is 1. The van der Waals surface area contributed by atoms with Gasteiger partial charge in [-0.05, 0) is 65.8 Å². The summed E-state index contributed by atoms with van der Waals surface area (Å²) in [6.07, 6.45) is -25.4. The molecule has 15 N–H and O–H groups in total. The third-order valence-corrected chi connectivity index (χ3v) is 13.8. The lowest BCUT2D eigenvalue weighted by Gasteiger charge is -2.46. The van der Waals surface area contributed by atoms with Crippen LogP contribution in [0.3, 0.4) is 0 Å². The number of benzene rings is 3. The number of rotatable bonds is 21. The number of aliphatic hydroxyl groups is 9. The number of hydrogen-bond donors (Lipinski definition) is 15. The van der Waals surface area contributed by atoms with E-state index in [0.717, 1.165) is 42.5 Å². The minimum atomic E-state index is -2.25. The highest BCUT2D eigenvalue weighted by Crippen LogP contribution is 2.44. The molecule has 0 bridgehead atoms. The number of carbonyl (C=O) groups is 4. The number of fused-ring (bicyclic) bond motifs is 1. The molecule has 4 heterocycles. The van der Waals surface area contributed by atoms with Gasteiger partial charge in [0.15, 0.2) is 64.2 Å². The molecule has 0 aromatic heterocycles. The smallest absolute Gasteiger partial charge is 0.330 e. The number of allylic oxidation sites excluding steroid dienone is 2. The Morgan fingerprint density at radius 2 is 1.05 bits per heavy atom. The van der Waals surface area contributed by atoms with Crippen molar-refractivity contribution in [2.45, 2.75) is 105 Å². The molecule has 3 fully saturated rings. The predicted octanol–water partition coefficient (Wildman–Crippen LogP) is -1.42. The summed E-state index contributed by atoms with van der Waals surface area (Å²) in [7, 11) is 2.61. The maximum absolute atomic E-state index is 13.1. The van der Waals surface area contributed by atoms with Gasteiger partial charge in [-0.3, -0.25) is 9.59 Å². The minimum absolute atomic E-state index is 0.0725. The number of methoxy groups -OCH3 is 2. The summed E-state index contributed by atoms with van der Waals surface area (Å²) in [4.78, 5) is 49.1. The fourth-order valence-electron chi connectivity index (χ4n) is 9.13. The molecule has 0 amide bonds. The molecule has 87 heavy (non-hydrogen) atoms. The molecule has 1 unspecified atom stereocenters. The fourth-order valence-corrected chi connectivity index (χ4v) is 9.13. The largest absolute Gasteiger partial charge is 0.508 e. The minimum Gasteiger partial charge on any atom is -0.508 e. The van der Waals surface area contributed by atoms with Crippen molar-refractivity contribution >= 4 is 41.8 Å². The van der Waals surface area contributed by atoms with Gasteiger partial charge in [0.2, 0.25) is 12.6 Å². The second-order valence-corrected chi connectivity index (χ2v) is 19.7. The number of carbonyl (C=O) groups excluding carboxylic acids is 3. The molecule has 16 atom stereocenters. The standard InChI is InChI=1S/C56H60O31/c1-76-33-11-22(3-7-27(33)58)5-9-40(64)78-19-36-44(68)48(72)51(75)55(85-36)87-53-49(73)46(70)38(20-79-41(65)10-6-23-4-8-28(59)34(12-23)77-2)86-56(53)83-35-17-26-31(81-52(35)24-13-29(60)43(67)30(61)14-24)15-25(57)16-32(26)82-54-50(74)47(71)45(69)37(84-54)21-80-42(66)18-39(62)63/h3-17,31,36-38,44-51,53-61,67-75H,18-21H2,1-2H3,(H,62,63)/b9-5+,10-6+/t31?,36-,37-,38-,44-,45-,46-,47+,48+,49+,50-,51-,53-,54-,55+,56-/m1/s1. The van der Waals surface area contributed by atoms with Gasteiger partial charge in [-0.1, -0.05) is 12.1 Å². The van der Waals surface area contributed by atoms with Gasteiger partial charge in [-0.2, -0.15) is 0 Å². The molecular weight excluding hydrogens is 1170 g/mol. The maximum atomic E-state index is 13.1. The number of aromatic hydroxyl groups is 5. The molecule has 1 aliphatic carbocycles. The van der Waals surface area contributed by atoms with E-state index in [-0.39, 0.29) is 34.1 Å². The molecule has 31 nitrogen and oxygen atoms in total. The first kappa shape index (κ1) is 64.3. The van der Waals surface area contributed by atoms with E-state index in [1.165, 1.54) is 62.8 Å². The van der Waals surface area contributed by atoms with Crippen LogP contribution in [0, 0.1) is 0 Å². The summed E-state index contributed by atoms with van der Waals surface area (Å²) in [6.45, 7) is -2.55. The van der Waals surface area contributed by atoms with Crippen molar-refractivity contribution in [3.63, 3.8) is 0 Å². The van der Waals surface area contributed by atoms with Crippen LogP contribution >= 0.6 is 0 Å². The number of hydrogen-bond acceptors (Lipinski definition) is 30. The van der Waals surface area contributed by atoms with Crippen LogP contribution in [-0.2, 0) is 66.5 Å². The summed E-state index contributed by atoms with van der Waals surface area (Å²) < 4.78 is 67.9. The number of esters is 3. The van der Waals surface area contributed by atoms with Crippen molar-refractivity contribution in [1.82, 2.24) is 0 Å². The van der Waals surface area contributed by atoms with Crippen LogP contribution in [0.5, 0.6) is 40.2 Å². The first-order chi connectivity index (χ1) is 41.3. The molecule has 3 saturated heterocycles. The average molecular weight is 1230 g/mol. The van der Waals surface area contributed by atoms with Crippen LogP contribution in [0.2, 0.25) is 0 Å². The summed E-state index contributed by atoms with van der Waals surface area (Å²) >= 11 is 0. The van der Waals surface area contributed by atoms with Gasteiger partial charge in [-0.15, -0.1) is 0 Å². The Morgan fingerprint density at radius 1 is 0.552 bits per heavy atom. The summed E-state index contributed by atoms with van der Waals surface area (Å²) in [5.41, 5.74) is 0.264. The zero-order valence-corrected chi connectivity index (χ0v) is 45.5. The maximum Gasteiger partial charge on any atom is 0.330 e. The molecule has 31 heteroatoms. The molecule has 8 rings (SSSR count). The number of ether oxygens (including phenoxy) is 12. The zero-order valence-electron chi connectivity index (χ0n) is 45.5. The van der Waals surface area contributed by atoms with Crippen molar-refractivity contribution in [2.75, 3.05) is 34.0 Å². The van der Waals surface area contributed by atoms with Gasteiger partial charge in [0.05, 0.1) is 14.2 Å². The molecular formula is C56H60O31. The second kappa shape index (κ2) is 27.8. The normalized spacial score (nSPS) is 29.8. The number of aliphatic carboxylic acids is 1. The lowest BCUT2D eigenvalue weighted by molar-refractivity contribution is -0.363. The van der Waals surface area contributed by atoms with Gasteiger partial charge in [-0.25, -0.2) is 9.59 Å². The number of phenolic OH excluding ortho intramolecular Hbond substituents is 5. The first-order valence-electron chi connectivity index (χ1n) is 26.1.